The summed E-state index contributed by atoms with van der Waals surface area (Å²) >= 11 is 0. The number of sulfonamides is 2. The Hall–Kier alpha value is -3.17. The number of hydrazone groups is 1. The summed E-state index contributed by atoms with van der Waals surface area (Å²) in [7, 11) is -7.32. The van der Waals surface area contributed by atoms with Crippen molar-refractivity contribution < 1.29 is 16.8 Å². The average Bonchev–Trinajstić information content (AvgIpc) is 3.27. The summed E-state index contributed by atoms with van der Waals surface area (Å²) in [5, 5.41) is 4.51. The first-order valence-corrected chi connectivity index (χ1v) is 13.2. The average molecular weight is 470 g/mol. The van der Waals surface area contributed by atoms with Crippen LogP contribution in [0.3, 0.4) is 0 Å². The van der Waals surface area contributed by atoms with E-state index in [1.807, 2.05) is 30.3 Å². The molecule has 0 aromatic heterocycles. The van der Waals surface area contributed by atoms with E-state index >= 15 is 0 Å². The number of benzene rings is 3. The third-order valence-electron chi connectivity index (χ3n) is 5.19. The molecule has 0 bridgehead atoms. The summed E-state index contributed by atoms with van der Waals surface area (Å²) in [6.07, 6.45) is 0.361. The Morgan fingerprint density at radius 3 is 2.22 bits per heavy atom. The largest absolute Gasteiger partial charge is 0.284 e. The molecule has 1 aliphatic heterocycles. The summed E-state index contributed by atoms with van der Waals surface area (Å²) in [4.78, 5) is 0.162. The van der Waals surface area contributed by atoms with E-state index in [0.717, 1.165) is 9.98 Å². The molecule has 0 saturated carbocycles. The van der Waals surface area contributed by atoms with Crippen LogP contribution >= 0.6 is 0 Å². The van der Waals surface area contributed by atoms with Gasteiger partial charge in [0.15, 0.2) is 0 Å². The van der Waals surface area contributed by atoms with Crippen LogP contribution in [0.15, 0.2) is 94.9 Å². The van der Waals surface area contributed by atoms with Crippen molar-refractivity contribution in [2.24, 2.45) is 5.10 Å². The monoisotopic (exact) mass is 469 g/mol. The van der Waals surface area contributed by atoms with Gasteiger partial charge < -0.3 is 0 Å². The molecule has 1 aliphatic rings. The second-order valence-electron chi connectivity index (χ2n) is 7.35. The molecule has 0 fully saturated rings. The lowest BCUT2D eigenvalue weighted by molar-refractivity contribution is 0.371. The number of nitrogens with one attached hydrogen (secondary N) is 1. The molecule has 7 nitrogen and oxygen atoms in total. The summed E-state index contributed by atoms with van der Waals surface area (Å²) < 4.78 is 54.4. The van der Waals surface area contributed by atoms with Crippen LogP contribution in [-0.4, -0.2) is 32.7 Å². The molecule has 4 rings (SSSR count). The first-order valence-electron chi connectivity index (χ1n) is 10.1. The molecule has 0 saturated heterocycles. The van der Waals surface area contributed by atoms with Gasteiger partial charge in [0.25, 0.3) is 10.0 Å². The van der Waals surface area contributed by atoms with Gasteiger partial charge in [0.05, 0.1) is 22.4 Å². The first-order chi connectivity index (χ1) is 15.3. The molecule has 1 N–H and O–H groups in total. The minimum Gasteiger partial charge on any atom is -0.284 e. The Labute approximate surface area is 188 Å². The number of rotatable bonds is 7. The van der Waals surface area contributed by atoms with Crippen LogP contribution in [0, 0.1) is 0 Å². The van der Waals surface area contributed by atoms with Crippen molar-refractivity contribution >= 4 is 31.4 Å². The van der Waals surface area contributed by atoms with Gasteiger partial charge in [0.2, 0.25) is 10.0 Å². The Kier molecular flexibility index (Phi) is 6.03. The molecule has 0 spiro atoms. The molecule has 1 heterocycles. The van der Waals surface area contributed by atoms with Crippen LogP contribution in [0.2, 0.25) is 0 Å². The molecule has 166 valence electrons. The fourth-order valence-electron chi connectivity index (χ4n) is 3.52. The van der Waals surface area contributed by atoms with Crippen LogP contribution in [0.5, 0.6) is 0 Å². The molecule has 1 atom stereocenters. The van der Waals surface area contributed by atoms with Crippen molar-refractivity contribution in [3.05, 3.63) is 96.1 Å². The van der Waals surface area contributed by atoms with E-state index in [4.69, 9.17) is 0 Å². The molecule has 9 heteroatoms. The van der Waals surface area contributed by atoms with Gasteiger partial charge in [-0.25, -0.2) is 8.42 Å². The highest BCUT2D eigenvalue weighted by Crippen LogP contribution is 2.37. The van der Waals surface area contributed by atoms with Crippen molar-refractivity contribution in [3.8, 4) is 0 Å². The SMILES string of the molecule is CCS(=O)(=O)Nc1cccc(C2=NN(S(=O)(=O)c3ccccc3)[C@@H](c3ccccc3)C2)c1. The maximum absolute atomic E-state index is 13.4. The molecule has 3 aromatic carbocycles. The lowest BCUT2D eigenvalue weighted by Crippen LogP contribution is -2.27. The van der Waals surface area contributed by atoms with Crippen molar-refractivity contribution in [1.29, 1.82) is 0 Å². The van der Waals surface area contributed by atoms with Crippen LogP contribution in [0.4, 0.5) is 5.69 Å². The van der Waals surface area contributed by atoms with Gasteiger partial charge in [0.1, 0.15) is 0 Å². The van der Waals surface area contributed by atoms with Crippen molar-refractivity contribution in [2.75, 3.05) is 10.5 Å². The zero-order valence-corrected chi connectivity index (χ0v) is 19.1. The first kappa shape index (κ1) is 22.0. The lowest BCUT2D eigenvalue weighted by Gasteiger charge is -2.23. The summed E-state index contributed by atoms with van der Waals surface area (Å²) in [5.74, 6) is -0.0443. The molecular formula is C23H23N3O4S2. The third kappa shape index (κ3) is 4.53. The quantitative estimate of drug-likeness (QED) is 0.566. The molecule has 0 amide bonds. The highest BCUT2D eigenvalue weighted by atomic mass is 32.2. The van der Waals surface area contributed by atoms with Gasteiger partial charge in [-0.1, -0.05) is 60.7 Å². The zero-order chi connectivity index (χ0) is 22.8. The van der Waals surface area contributed by atoms with Crippen LogP contribution in [-0.2, 0) is 20.0 Å². The van der Waals surface area contributed by atoms with E-state index < -0.39 is 26.1 Å². The van der Waals surface area contributed by atoms with E-state index in [1.165, 1.54) is 0 Å². The van der Waals surface area contributed by atoms with Crippen LogP contribution in [0.1, 0.15) is 30.5 Å². The summed E-state index contributed by atoms with van der Waals surface area (Å²) in [6.45, 7) is 1.56. The zero-order valence-electron chi connectivity index (χ0n) is 17.4. The van der Waals surface area contributed by atoms with Gasteiger partial charge in [-0.3, -0.25) is 4.72 Å². The Morgan fingerprint density at radius 2 is 1.56 bits per heavy atom. The predicted octanol–water partition coefficient (Wildman–Crippen LogP) is 3.99. The minimum absolute atomic E-state index is 0.0443. The number of nitrogens with zero attached hydrogens (tertiary/aromatic N) is 2. The van der Waals surface area contributed by atoms with Crippen molar-refractivity contribution in [3.63, 3.8) is 0 Å². The smallest absolute Gasteiger partial charge is 0.279 e. The second-order valence-corrected chi connectivity index (χ2v) is 11.2. The number of anilines is 1. The van der Waals surface area contributed by atoms with E-state index in [0.29, 0.717) is 23.4 Å². The van der Waals surface area contributed by atoms with Gasteiger partial charge in [-0.2, -0.15) is 17.9 Å². The minimum atomic E-state index is -3.89. The normalized spacial score (nSPS) is 16.6. The fourth-order valence-corrected chi connectivity index (χ4v) is 5.61. The second kappa shape index (κ2) is 8.76. The molecule has 3 aromatic rings. The van der Waals surface area contributed by atoms with Gasteiger partial charge in [0, 0.05) is 12.1 Å². The number of hydrogen-bond donors (Lipinski definition) is 1. The van der Waals surface area contributed by atoms with E-state index in [2.05, 4.69) is 9.82 Å². The Bertz CT molecular complexity index is 1340. The highest BCUT2D eigenvalue weighted by molar-refractivity contribution is 7.92. The summed E-state index contributed by atoms with van der Waals surface area (Å²) in [6, 6.07) is 23.9. The van der Waals surface area contributed by atoms with Gasteiger partial charge >= 0.3 is 0 Å². The molecule has 0 unspecified atom stereocenters. The molecular weight excluding hydrogens is 446 g/mol. The van der Waals surface area contributed by atoms with Gasteiger partial charge in [-0.05, 0) is 42.3 Å². The Balaban J connectivity index is 1.75. The van der Waals surface area contributed by atoms with Crippen molar-refractivity contribution in [2.45, 2.75) is 24.3 Å². The van der Waals surface area contributed by atoms with Gasteiger partial charge in [-0.15, -0.1) is 0 Å². The summed E-state index contributed by atoms with van der Waals surface area (Å²) in [5.41, 5.74) is 2.46. The Morgan fingerprint density at radius 1 is 0.906 bits per heavy atom. The van der Waals surface area contributed by atoms with E-state index in [-0.39, 0.29) is 10.6 Å². The third-order valence-corrected chi connectivity index (χ3v) is 8.20. The highest BCUT2D eigenvalue weighted by Gasteiger charge is 2.37. The van der Waals surface area contributed by atoms with Crippen molar-refractivity contribution in [1.82, 2.24) is 4.41 Å². The van der Waals surface area contributed by atoms with E-state index in [9.17, 15) is 16.8 Å². The lowest BCUT2D eigenvalue weighted by atomic mass is 9.99. The van der Waals surface area contributed by atoms with E-state index in [1.54, 1.807) is 61.5 Å². The maximum Gasteiger partial charge on any atom is 0.279 e. The molecule has 32 heavy (non-hydrogen) atoms. The predicted molar refractivity (Wildman–Crippen MR) is 125 cm³/mol. The topological polar surface area (TPSA) is 95.9 Å². The number of hydrogen-bond acceptors (Lipinski definition) is 5. The fraction of sp³-hybridized carbons (Fsp3) is 0.174. The van der Waals surface area contributed by atoms with Crippen LogP contribution < -0.4 is 4.72 Å². The molecule has 0 aliphatic carbocycles. The standard InChI is InChI=1S/C23H23N3O4S2/c1-2-31(27,28)25-20-13-9-12-19(16-20)22-17-23(18-10-5-3-6-11-18)26(24-22)32(29,30)21-14-7-4-8-15-21/h3-16,23,25H,2,17H2,1H3/t23-/m1/s1. The molecule has 0 radical (unpaired) electrons. The maximum atomic E-state index is 13.4. The van der Waals surface area contributed by atoms with Crippen LogP contribution in [0.25, 0.3) is 0 Å².